The van der Waals surface area contributed by atoms with Crippen molar-refractivity contribution in [3.8, 4) is 11.5 Å². The molecule has 0 unspecified atom stereocenters. The van der Waals surface area contributed by atoms with Crippen LogP contribution in [0, 0.1) is 5.92 Å². The van der Waals surface area contributed by atoms with Gasteiger partial charge in [-0.15, -0.1) is 0 Å². The highest BCUT2D eigenvalue weighted by molar-refractivity contribution is 6.05. The lowest BCUT2D eigenvalue weighted by Gasteiger charge is -2.31. The Hall–Kier alpha value is -3.43. The maximum atomic E-state index is 13.8. The maximum Gasteiger partial charge on any atom is 0.262 e. The van der Waals surface area contributed by atoms with Gasteiger partial charge in [-0.25, -0.2) is 5.01 Å². The van der Waals surface area contributed by atoms with Gasteiger partial charge < -0.3 is 19.1 Å². The van der Waals surface area contributed by atoms with Crippen molar-refractivity contribution in [2.24, 2.45) is 11.0 Å². The Bertz CT molecular complexity index is 1130. The summed E-state index contributed by atoms with van der Waals surface area (Å²) in [6.45, 7) is 7.93. The minimum absolute atomic E-state index is 0.0266. The minimum Gasteiger partial charge on any atom is -0.497 e. The van der Waals surface area contributed by atoms with E-state index in [2.05, 4.69) is 4.90 Å². The number of carbonyl (C=O) groups is 2. The Kier molecular flexibility index (Phi) is 9.36. The van der Waals surface area contributed by atoms with Crippen LogP contribution in [0.3, 0.4) is 0 Å². The van der Waals surface area contributed by atoms with Gasteiger partial charge in [0.05, 0.1) is 39.2 Å². The van der Waals surface area contributed by atoms with E-state index in [4.69, 9.17) is 19.3 Å². The first-order valence-corrected chi connectivity index (χ1v) is 13.2. The summed E-state index contributed by atoms with van der Waals surface area (Å²) in [7, 11) is 3.21. The highest BCUT2D eigenvalue weighted by Crippen LogP contribution is 2.36. The molecule has 0 aliphatic carbocycles. The molecular weight excluding hydrogens is 484 g/mol. The molecule has 2 aliphatic heterocycles. The zero-order valence-corrected chi connectivity index (χ0v) is 22.8. The Balaban J connectivity index is 1.59. The molecule has 2 heterocycles. The summed E-state index contributed by atoms with van der Waals surface area (Å²) in [5.74, 6) is 0.852. The third-order valence-corrected chi connectivity index (χ3v) is 6.99. The molecule has 0 bridgehead atoms. The summed E-state index contributed by atoms with van der Waals surface area (Å²) < 4.78 is 16.4. The number of benzene rings is 2. The monoisotopic (exact) mass is 522 g/mol. The van der Waals surface area contributed by atoms with Gasteiger partial charge >= 0.3 is 0 Å². The van der Waals surface area contributed by atoms with Crippen LogP contribution in [0.5, 0.6) is 11.5 Å². The van der Waals surface area contributed by atoms with E-state index in [-0.39, 0.29) is 30.3 Å². The molecule has 2 amide bonds. The summed E-state index contributed by atoms with van der Waals surface area (Å²) >= 11 is 0. The van der Waals surface area contributed by atoms with Crippen molar-refractivity contribution < 1.29 is 23.8 Å². The normalized spacial score (nSPS) is 17.9. The Morgan fingerprint density at radius 1 is 1.08 bits per heavy atom. The molecule has 0 radical (unpaired) electrons. The van der Waals surface area contributed by atoms with Gasteiger partial charge in [0, 0.05) is 50.1 Å². The average Bonchev–Trinajstić information content (AvgIpc) is 3.41. The molecule has 1 saturated heterocycles. The van der Waals surface area contributed by atoms with E-state index in [1.54, 1.807) is 24.1 Å². The Morgan fingerprint density at radius 3 is 2.47 bits per heavy atom. The van der Waals surface area contributed by atoms with Gasteiger partial charge in [0.2, 0.25) is 5.91 Å². The lowest BCUT2D eigenvalue weighted by molar-refractivity contribution is -0.143. The molecule has 9 heteroatoms. The average molecular weight is 523 g/mol. The fraction of sp³-hybridized carbons (Fsp3) is 0.483. The van der Waals surface area contributed by atoms with Crippen LogP contribution in [0.15, 0.2) is 53.6 Å². The van der Waals surface area contributed by atoms with E-state index >= 15 is 0 Å². The van der Waals surface area contributed by atoms with Gasteiger partial charge in [-0.1, -0.05) is 44.2 Å². The number of nitrogens with zero attached hydrogens (tertiary/aromatic N) is 4. The second-order valence-electron chi connectivity index (χ2n) is 9.85. The van der Waals surface area contributed by atoms with Crippen molar-refractivity contribution >= 4 is 17.5 Å². The van der Waals surface area contributed by atoms with E-state index in [0.29, 0.717) is 44.2 Å². The summed E-state index contributed by atoms with van der Waals surface area (Å²) in [4.78, 5) is 30.8. The number of hydrogen-bond donors (Lipinski definition) is 0. The topological polar surface area (TPSA) is 83.9 Å². The highest BCUT2D eigenvalue weighted by atomic mass is 16.5. The van der Waals surface area contributed by atoms with Crippen molar-refractivity contribution in [1.82, 2.24) is 14.8 Å². The van der Waals surface area contributed by atoms with E-state index in [9.17, 15) is 9.59 Å². The predicted molar refractivity (Wildman–Crippen MR) is 145 cm³/mol. The van der Waals surface area contributed by atoms with Crippen molar-refractivity contribution in [3.05, 3.63) is 59.7 Å². The fourth-order valence-corrected chi connectivity index (χ4v) is 4.83. The minimum atomic E-state index is -0.277. The van der Waals surface area contributed by atoms with Crippen LogP contribution < -0.4 is 9.47 Å². The molecular formula is C29H38N4O5. The molecule has 38 heavy (non-hydrogen) atoms. The van der Waals surface area contributed by atoms with Crippen LogP contribution in [0.25, 0.3) is 0 Å². The lowest BCUT2D eigenvalue weighted by Crippen LogP contribution is -2.47. The van der Waals surface area contributed by atoms with Gasteiger partial charge in [0.15, 0.2) is 0 Å². The first kappa shape index (κ1) is 27.6. The number of hydrazone groups is 1. The number of ether oxygens (including phenoxy) is 3. The number of morpholine rings is 1. The van der Waals surface area contributed by atoms with Crippen molar-refractivity contribution in [3.63, 3.8) is 0 Å². The molecule has 2 aromatic rings. The van der Waals surface area contributed by atoms with E-state index in [1.807, 2.05) is 62.4 Å². The Labute approximate surface area is 224 Å². The van der Waals surface area contributed by atoms with Crippen LogP contribution in [-0.4, -0.2) is 92.5 Å². The summed E-state index contributed by atoms with van der Waals surface area (Å²) in [5, 5.41) is 6.35. The lowest BCUT2D eigenvalue weighted by atomic mass is 9.98. The second kappa shape index (κ2) is 12.9. The number of hydrogen-bond acceptors (Lipinski definition) is 7. The molecule has 204 valence electrons. The number of rotatable bonds is 10. The highest BCUT2D eigenvalue weighted by Gasteiger charge is 2.35. The molecule has 0 saturated carbocycles. The van der Waals surface area contributed by atoms with Gasteiger partial charge in [0.1, 0.15) is 18.0 Å². The van der Waals surface area contributed by atoms with Crippen LogP contribution >= 0.6 is 0 Å². The van der Waals surface area contributed by atoms with Gasteiger partial charge in [0.25, 0.3) is 5.91 Å². The standard InChI is InChI=1S/C29H38N4O5/c1-21(2)29(35)32(13-12-31-14-16-38-17-15-31)20-28(34)33-26(22-8-6-5-7-9-22)19-25(30-33)24-11-10-23(36-3)18-27(24)37-4/h5-11,18,21,26H,12-17,19-20H2,1-4H3/t26-/m1/s1. The maximum absolute atomic E-state index is 13.8. The van der Waals surface area contributed by atoms with Crippen LogP contribution in [-0.2, 0) is 14.3 Å². The largest absolute Gasteiger partial charge is 0.497 e. The molecule has 0 N–H and O–H groups in total. The van der Waals surface area contributed by atoms with Crippen LogP contribution in [0.4, 0.5) is 0 Å². The zero-order chi connectivity index (χ0) is 27.1. The van der Waals surface area contributed by atoms with Crippen molar-refractivity contribution in [2.75, 3.05) is 60.2 Å². The molecule has 2 aromatic carbocycles. The SMILES string of the molecule is COc1ccc(C2=NN(C(=O)CN(CCN3CCOCC3)C(=O)C(C)C)[C@@H](c3ccccc3)C2)c(OC)c1. The van der Waals surface area contributed by atoms with Gasteiger partial charge in [-0.2, -0.15) is 5.10 Å². The third-order valence-electron chi connectivity index (χ3n) is 6.99. The zero-order valence-electron chi connectivity index (χ0n) is 22.8. The van der Waals surface area contributed by atoms with E-state index < -0.39 is 0 Å². The molecule has 4 rings (SSSR count). The molecule has 9 nitrogen and oxygen atoms in total. The first-order valence-electron chi connectivity index (χ1n) is 13.2. The summed E-state index contributed by atoms with van der Waals surface area (Å²) in [6.07, 6.45) is 0.532. The summed E-state index contributed by atoms with van der Waals surface area (Å²) in [5.41, 5.74) is 2.55. The predicted octanol–water partition coefficient (Wildman–Crippen LogP) is 3.20. The molecule has 1 fully saturated rings. The smallest absolute Gasteiger partial charge is 0.262 e. The quantitative estimate of drug-likeness (QED) is 0.477. The number of carbonyl (C=O) groups excluding carboxylic acids is 2. The fourth-order valence-electron chi connectivity index (χ4n) is 4.83. The molecule has 1 atom stereocenters. The van der Waals surface area contributed by atoms with E-state index in [0.717, 1.165) is 29.9 Å². The summed E-state index contributed by atoms with van der Waals surface area (Å²) in [6, 6.07) is 15.2. The second-order valence-corrected chi connectivity index (χ2v) is 9.85. The van der Waals surface area contributed by atoms with Crippen molar-refractivity contribution in [2.45, 2.75) is 26.3 Å². The molecule has 0 aromatic heterocycles. The van der Waals surface area contributed by atoms with Crippen molar-refractivity contribution in [1.29, 1.82) is 0 Å². The number of methoxy groups -OCH3 is 2. The van der Waals surface area contributed by atoms with E-state index in [1.165, 1.54) is 0 Å². The number of amides is 2. The Morgan fingerprint density at radius 2 is 1.82 bits per heavy atom. The van der Waals surface area contributed by atoms with Gasteiger partial charge in [-0.3, -0.25) is 14.5 Å². The molecule has 0 spiro atoms. The van der Waals surface area contributed by atoms with Crippen LogP contribution in [0.1, 0.15) is 37.4 Å². The first-order chi connectivity index (χ1) is 18.4. The van der Waals surface area contributed by atoms with Gasteiger partial charge in [-0.05, 0) is 17.7 Å². The van der Waals surface area contributed by atoms with Crippen LogP contribution in [0.2, 0.25) is 0 Å². The third kappa shape index (κ3) is 6.52. The molecule has 2 aliphatic rings.